The van der Waals surface area contributed by atoms with Crippen molar-refractivity contribution in [2.24, 2.45) is 5.92 Å². The number of likely N-dealkylation sites (N-methyl/N-ethyl adjacent to an activating group) is 1. The van der Waals surface area contributed by atoms with Crippen molar-refractivity contribution < 1.29 is 14.7 Å². The zero-order chi connectivity index (χ0) is 19.4. The molecule has 0 saturated heterocycles. The van der Waals surface area contributed by atoms with Gasteiger partial charge in [-0.2, -0.15) is 0 Å². The van der Waals surface area contributed by atoms with Gasteiger partial charge in [0, 0.05) is 30.2 Å². The first kappa shape index (κ1) is 20.0. The van der Waals surface area contributed by atoms with E-state index in [2.05, 4.69) is 5.32 Å². The van der Waals surface area contributed by atoms with Crippen molar-refractivity contribution in [1.82, 2.24) is 15.1 Å². The van der Waals surface area contributed by atoms with Crippen LogP contribution < -0.4 is 5.32 Å². The molecule has 27 heavy (non-hydrogen) atoms. The molecule has 2 aliphatic rings. The zero-order valence-electron chi connectivity index (χ0n) is 15.7. The fourth-order valence-electron chi connectivity index (χ4n) is 3.61. The number of carbonyl (C=O) groups is 2. The third-order valence-corrected chi connectivity index (χ3v) is 5.85. The molecule has 2 fully saturated rings. The molecule has 1 aromatic carbocycles. The zero-order valence-corrected chi connectivity index (χ0v) is 16.5. The summed E-state index contributed by atoms with van der Waals surface area (Å²) in [6.07, 6.45) is 3.96. The molecule has 1 aromatic rings. The normalized spacial score (nSPS) is 21.6. The summed E-state index contributed by atoms with van der Waals surface area (Å²) in [5.41, 5.74) is 0.958. The summed E-state index contributed by atoms with van der Waals surface area (Å²) in [5.74, 6) is -0.210. The van der Waals surface area contributed by atoms with Crippen LogP contribution in [0.5, 0.6) is 0 Å². The second-order valence-corrected chi connectivity index (χ2v) is 8.05. The SMILES string of the molecule is CCN(CC(=O)O)C1CC(NC(=O)N(Cc2ccccc2Cl)CC2CC2)C1. The molecule has 0 atom stereocenters. The summed E-state index contributed by atoms with van der Waals surface area (Å²) in [4.78, 5) is 27.6. The summed E-state index contributed by atoms with van der Waals surface area (Å²) < 4.78 is 0. The number of carboxylic acid groups (broad SMARTS) is 1. The molecule has 2 aliphatic carbocycles. The first-order valence-electron chi connectivity index (χ1n) is 9.71. The predicted octanol–water partition coefficient (Wildman–Crippen LogP) is 3.20. The van der Waals surface area contributed by atoms with Gasteiger partial charge in [-0.05, 0) is 49.8 Å². The molecular weight excluding hydrogens is 366 g/mol. The lowest BCUT2D eigenvalue weighted by Crippen LogP contribution is -2.56. The van der Waals surface area contributed by atoms with Gasteiger partial charge in [0.25, 0.3) is 0 Å². The van der Waals surface area contributed by atoms with Crippen molar-refractivity contribution in [2.75, 3.05) is 19.6 Å². The molecule has 0 unspecified atom stereocenters. The monoisotopic (exact) mass is 393 g/mol. The Hall–Kier alpha value is -1.79. The fourth-order valence-corrected chi connectivity index (χ4v) is 3.80. The van der Waals surface area contributed by atoms with Crippen LogP contribution in [0.2, 0.25) is 5.02 Å². The number of carbonyl (C=O) groups excluding carboxylic acids is 1. The van der Waals surface area contributed by atoms with Crippen LogP contribution >= 0.6 is 11.6 Å². The number of hydrogen-bond acceptors (Lipinski definition) is 3. The molecule has 0 aliphatic heterocycles. The molecule has 0 aromatic heterocycles. The van der Waals surface area contributed by atoms with Gasteiger partial charge in [0.2, 0.25) is 0 Å². The average Bonchev–Trinajstić information content (AvgIpc) is 3.41. The Balaban J connectivity index is 1.53. The Morgan fingerprint density at radius 3 is 2.56 bits per heavy atom. The summed E-state index contributed by atoms with van der Waals surface area (Å²) in [6, 6.07) is 7.93. The summed E-state index contributed by atoms with van der Waals surface area (Å²) in [5, 5.41) is 12.8. The molecule has 2 amide bonds. The van der Waals surface area contributed by atoms with Crippen LogP contribution in [0.25, 0.3) is 0 Å². The number of amides is 2. The van der Waals surface area contributed by atoms with Crippen molar-refractivity contribution in [3.63, 3.8) is 0 Å². The molecule has 0 spiro atoms. The van der Waals surface area contributed by atoms with Gasteiger partial charge in [-0.25, -0.2) is 4.79 Å². The number of rotatable bonds is 9. The fraction of sp³-hybridized carbons (Fsp3) is 0.600. The molecule has 0 radical (unpaired) electrons. The Morgan fingerprint density at radius 2 is 1.96 bits per heavy atom. The minimum atomic E-state index is -0.806. The van der Waals surface area contributed by atoms with E-state index in [4.69, 9.17) is 16.7 Å². The quantitative estimate of drug-likeness (QED) is 0.675. The molecule has 2 saturated carbocycles. The van der Waals surface area contributed by atoms with Crippen LogP contribution in [0.1, 0.15) is 38.2 Å². The van der Waals surface area contributed by atoms with Crippen molar-refractivity contribution in [1.29, 1.82) is 0 Å². The highest BCUT2D eigenvalue weighted by Gasteiger charge is 2.36. The van der Waals surface area contributed by atoms with Crippen LogP contribution in [-0.2, 0) is 11.3 Å². The Bertz CT molecular complexity index is 674. The summed E-state index contributed by atoms with van der Waals surface area (Å²) in [7, 11) is 0. The molecule has 148 valence electrons. The topological polar surface area (TPSA) is 72.9 Å². The third-order valence-electron chi connectivity index (χ3n) is 5.48. The number of hydrogen-bond donors (Lipinski definition) is 2. The molecule has 0 bridgehead atoms. The van der Waals surface area contributed by atoms with Crippen LogP contribution in [0.15, 0.2) is 24.3 Å². The number of benzene rings is 1. The Labute approximate surface area is 165 Å². The first-order chi connectivity index (χ1) is 13.0. The van der Waals surface area contributed by atoms with E-state index >= 15 is 0 Å². The molecule has 6 nitrogen and oxygen atoms in total. The van der Waals surface area contributed by atoms with Gasteiger partial charge < -0.3 is 15.3 Å². The van der Waals surface area contributed by atoms with Gasteiger partial charge in [-0.3, -0.25) is 9.69 Å². The first-order valence-corrected chi connectivity index (χ1v) is 10.1. The number of aliphatic carboxylic acids is 1. The lowest BCUT2D eigenvalue weighted by Gasteiger charge is -2.42. The van der Waals surface area contributed by atoms with Crippen LogP contribution in [0.3, 0.4) is 0 Å². The van der Waals surface area contributed by atoms with Gasteiger partial charge in [0.15, 0.2) is 0 Å². The maximum atomic E-state index is 12.8. The summed E-state index contributed by atoms with van der Waals surface area (Å²) >= 11 is 6.27. The Kier molecular flexibility index (Phi) is 6.60. The van der Waals surface area contributed by atoms with E-state index in [-0.39, 0.29) is 24.7 Å². The van der Waals surface area contributed by atoms with Crippen molar-refractivity contribution in [3.8, 4) is 0 Å². The van der Waals surface area contributed by atoms with Gasteiger partial charge in [0.1, 0.15) is 0 Å². The van der Waals surface area contributed by atoms with E-state index in [9.17, 15) is 9.59 Å². The van der Waals surface area contributed by atoms with E-state index in [1.807, 2.05) is 41.0 Å². The van der Waals surface area contributed by atoms with Crippen LogP contribution in [0.4, 0.5) is 4.79 Å². The van der Waals surface area contributed by atoms with E-state index < -0.39 is 5.97 Å². The maximum absolute atomic E-state index is 12.8. The molecular formula is C20H28ClN3O3. The predicted molar refractivity (Wildman–Crippen MR) is 105 cm³/mol. The lowest BCUT2D eigenvalue weighted by molar-refractivity contribution is -0.139. The number of carboxylic acids is 1. The largest absolute Gasteiger partial charge is 0.480 e. The van der Waals surface area contributed by atoms with Gasteiger partial charge in [0.05, 0.1) is 6.54 Å². The average molecular weight is 394 g/mol. The van der Waals surface area contributed by atoms with Gasteiger partial charge >= 0.3 is 12.0 Å². The van der Waals surface area contributed by atoms with Crippen molar-refractivity contribution in [2.45, 2.75) is 51.2 Å². The van der Waals surface area contributed by atoms with E-state index in [1.165, 1.54) is 12.8 Å². The number of nitrogens with one attached hydrogen (secondary N) is 1. The molecule has 7 heteroatoms. The second-order valence-electron chi connectivity index (χ2n) is 7.64. The van der Waals surface area contributed by atoms with E-state index in [0.29, 0.717) is 24.0 Å². The summed E-state index contributed by atoms with van der Waals surface area (Å²) in [6.45, 7) is 4.00. The molecule has 0 heterocycles. The number of halogens is 1. The van der Waals surface area contributed by atoms with E-state index in [0.717, 1.165) is 24.9 Å². The van der Waals surface area contributed by atoms with Crippen LogP contribution in [-0.4, -0.2) is 58.6 Å². The third kappa shape index (κ3) is 5.59. The highest BCUT2D eigenvalue weighted by atomic mass is 35.5. The maximum Gasteiger partial charge on any atom is 0.317 e. The van der Waals surface area contributed by atoms with Crippen molar-refractivity contribution >= 4 is 23.6 Å². The molecule has 2 N–H and O–H groups in total. The van der Waals surface area contributed by atoms with Gasteiger partial charge in [-0.15, -0.1) is 0 Å². The smallest absolute Gasteiger partial charge is 0.317 e. The lowest BCUT2D eigenvalue weighted by atomic mass is 9.85. The van der Waals surface area contributed by atoms with E-state index in [1.54, 1.807) is 0 Å². The highest BCUT2D eigenvalue weighted by molar-refractivity contribution is 6.31. The molecule has 3 rings (SSSR count). The second kappa shape index (κ2) is 8.93. The minimum absolute atomic E-state index is 0.0495. The van der Waals surface area contributed by atoms with Crippen LogP contribution in [0, 0.1) is 5.92 Å². The number of nitrogens with zero attached hydrogens (tertiary/aromatic N) is 2. The Morgan fingerprint density at radius 1 is 1.26 bits per heavy atom. The minimum Gasteiger partial charge on any atom is -0.480 e. The number of urea groups is 1. The standard InChI is InChI=1S/C20H28ClN3O3/c1-2-23(13-19(25)26)17-9-16(10-17)22-20(27)24(11-14-7-8-14)12-15-5-3-4-6-18(15)21/h3-6,14,16-17H,2,7-13H2,1H3,(H,22,27)(H,25,26). The van der Waals surface area contributed by atoms with Gasteiger partial charge in [-0.1, -0.05) is 36.7 Å². The van der Waals surface area contributed by atoms with Crippen molar-refractivity contribution in [3.05, 3.63) is 34.9 Å². The highest BCUT2D eigenvalue weighted by Crippen LogP contribution is 2.31.